The van der Waals surface area contributed by atoms with Crippen molar-refractivity contribution in [1.82, 2.24) is 14.8 Å². The third kappa shape index (κ3) is 3.07. The van der Waals surface area contributed by atoms with Crippen LogP contribution in [0.15, 0.2) is 35.1 Å². The predicted molar refractivity (Wildman–Crippen MR) is 96.6 cm³/mol. The highest BCUT2D eigenvalue weighted by atomic mass is 32.2. The second-order valence-corrected chi connectivity index (χ2v) is 7.59. The zero-order chi connectivity index (χ0) is 16.5. The van der Waals surface area contributed by atoms with Crippen molar-refractivity contribution in [2.75, 3.05) is 11.1 Å². The number of rotatable bonds is 3. The van der Waals surface area contributed by atoms with Gasteiger partial charge in [0.2, 0.25) is 5.91 Å². The van der Waals surface area contributed by atoms with Crippen LogP contribution in [0.25, 0.3) is 10.2 Å². The number of nitrogens with zero attached hydrogens (tertiary/aromatic N) is 3. The van der Waals surface area contributed by atoms with E-state index < -0.39 is 0 Å². The minimum atomic E-state index is -0.297. The number of para-hydroxylation sites is 1. The molecule has 1 aliphatic rings. The quantitative estimate of drug-likeness (QED) is 0.777. The first-order chi connectivity index (χ1) is 11.7. The fraction of sp³-hybridized carbons (Fsp3) is 0.250. The van der Waals surface area contributed by atoms with Crippen molar-refractivity contribution >= 4 is 44.4 Å². The lowest BCUT2D eigenvalue weighted by atomic mass is 10.2. The van der Waals surface area contributed by atoms with Gasteiger partial charge in [-0.25, -0.2) is 9.67 Å². The summed E-state index contributed by atoms with van der Waals surface area (Å²) in [4.78, 5) is 28.7. The zero-order valence-electron chi connectivity index (χ0n) is 12.7. The largest absolute Gasteiger partial charge is 0.300 e. The van der Waals surface area contributed by atoms with Crippen LogP contribution < -0.4 is 10.9 Å². The number of aromatic nitrogens is 3. The number of amides is 1. The van der Waals surface area contributed by atoms with Gasteiger partial charge in [-0.15, -0.1) is 0 Å². The fourth-order valence-corrected chi connectivity index (χ4v) is 4.42. The molecule has 0 saturated heterocycles. The van der Waals surface area contributed by atoms with Gasteiger partial charge in [-0.2, -0.15) is 16.9 Å². The first kappa shape index (κ1) is 15.3. The summed E-state index contributed by atoms with van der Waals surface area (Å²) in [6, 6.07) is 9.29. The number of aryl methyl sites for hydroxylation is 1. The maximum Gasteiger partial charge on any atom is 0.267 e. The number of nitrogens with one attached hydrogen (secondary N) is 1. The summed E-state index contributed by atoms with van der Waals surface area (Å²) in [7, 11) is 0. The van der Waals surface area contributed by atoms with E-state index in [0.717, 1.165) is 39.4 Å². The average molecular weight is 358 g/mol. The summed E-state index contributed by atoms with van der Waals surface area (Å²) in [5.41, 5.74) is 2.51. The van der Waals surface area contributed by atoms with Crippen molar-refractivity contribution in [2.24, 2.45) is 0 Å². The number of benzene rings is 1. The lowest BCUT2D eigenvalue weighted by molar-refractivity contribution is -0.117. The first-order valence-corrected chi connectivity index (χ1v) is 9.49. The predicted octanol–water partition coefficient (Wildman–Crippen LogP) is 2.28. The van der Waals surface area contributed by atoms with Crippen molar-refractivity contribution < 1.29 is 4.79 Å². The summed E-state index contributed by atoms with van der Waals surface area (Å²) >= 11 is 3.21. The zero-order valence-corrected chi connectivity index (χ0v) is 14.3. The van der Waals surface area contributed by atoms with Crippen LogP contribution in [-0.2, 0) is 23.5 Å². The number of fused-ring (bicyclic) bond motifs is 2. The van der Waals surface area contributed by atoms with E-state index in [2.05, 4.69) is 15.4 Å². The highest BCUT2D eigenvalue weighted by Gasteiger charge is 2.15. The van der Waals surface area contributed by atoms with Gasteiger partial charge in [0.25, 0.3) is 5.56 Å². The van der Waals surface area contributed by atoms with Crippen LogP contribution in [0.1, 0.15) is 11.3 Å². The molecule has 1 aliphatic heterocycles. The van der Waals surface area contributed by atoms with Gasteiger partial charge in [0.05, 0.1) is 15.9 Å². The molecular weight excluding hydrogens is 344 g/mol. The van der Waals surface area contributed by atoms with E-state index in [1.807, 2.05) is 24.3 Å². The minimum absolute atomic E-state index is 0.102. The van der Waals surface area contributed by atoms with E-state index in [-0.39, 0.29) is 18.0 Å². The number of carbonyl (C=O) groups excluding carboxylic acids is 1. The molecule has 1 amide bonds. The van der Waals surface area contributed by atoms with Gasteiger partial charge >= 0.3 is 0 Å². The Labute approximate surface area is 145 Å². The molecule has 2 aromatic heterocycles. The highest BCUT2D eigenvalue weighted by molar-refractivity contribution is 7.98. The molecule has 24 heavy (non-hydrogen) atoms. The smallest absolute Gasteiger partial charge is 0.267 e. The molecule has 1 N–H and O–H groups in total. The molecule has 0 spiro atoms. The molecule has 0 fully saturated rings. The Hall–Kier alpha value is -2.19. The summed E-state index contributed by atoms with van der Waals surface area (Å²) < 4.78 is 2.24. The van der Waals surface area contributed by atoms with Crippen molar-refractivity contribution in [3.05, 3.63) is 51.9 Å². The van der Waals surface area contributed by atoms with Crippen LogP contribution in [0.3, 0.4) is 0 Å². The molecule has 0 saturated carbocycles. The summed E-state index contributed by atoms with van der Waals surface area (Å²) in [5, 5.41) is 7.63. The molecule has 8 heteroatoms. The minimum Gasteiger partial charge on any atom is -0.300 e. The topological polar surface area (TPSA) is 76.9 Å². The second-order valence-electron chi connectivity index (χ2n) is 5.45. The number of anilines is 1. The molecule has 4 rings (SSSR count). The van der Waals surface area contributed by atoms with Crippen LogP contribution in [0.5, 0.6) is 0 Å². The van der Waals surface area contributed by atoms with Gasteiger partial charge in [-0.3, -0.25) is 9.59 Å². The van der Waals surface area contributed by atoms with E-state index >= 15 is 0 Å². The van der Waals surface area contributed by atoms with Gasteiger partial charge in [-0.05, 0) is 23.4 Å². The number of thiazole rings is 1. The summed E-state index contributed by atoms with van der Waals surface area (Å²) in [6.07, 6.45) is 0.833. The normalized spacial score (nSPS) is 13.7. The Kier molecular flexibility index (Phi) is 4.07. The SMILES string of the molecule is O=C(Cn1nc2c(cc1=O)CSCC2)Nc1nc2ccccc2s1. The molecule has 0 radical (unpaired) electrons. The molecule has 3 aromatic rings. The fourth-order valence-electron chi connectivity index (χ4n) is 2.59. The van der Waals surface area contributed by atoms with Crippen molar-refractivity contribution in [3.8, 4) is 0 Å². The Morgan fingerprint density at radius 1 is 1.33 bits per heavy atom. The second kappa shape index (κ2) is 6.37. The maximum atomic E-state index is 12.2. The number of hydrogen-bond acceptors (Lipinski definition) is 6. The standard InChI is InChI=1S/C16H14N4O2S2/c21-14(18-16-17-12-3-1-2-4-13(12)24-16)8-20-15(22)7-10-9-23-6-5-11(10)19-20/h1-4,7H,5-6,8-9H2,(H,17,18,21). The molecule has 0 bridgehead atoms. The Morgan fingerprint density at radius 2 is 2.21 bits per heavy atom. The van der Waals surface area contributed by atoms with Gasteiger partial charge < -0.3 is 5.32 Å². The molecular formula is C16H14N4O2S2. The molecule has 0 aliphatic carbocycles. The summed E-state index contributed by atoms with van der Waals surface area (Å²) in [5.74, 6) is 1.51. The third-order valence-electron chi connectivity index (χ3n) is 3.74. The van der Waals surface area contributed by atoms with E-state index in [4.69, 9.17) is 0 Å². The number of hydrogen-bond donors (Lipinski definition) is 1. The van der Waals surface area contributed by atoms with Gasteiger partial charge in [0, 0.05) is 18.2 Å². The first-order valence-electron chi connectivity index (χ1n) is 7.52. The van der Waals surface area contributed by atoms with Gasteiger partial charge in [0.15, 0.2) is 5.13 Å². The lowest BCUT2D eigenvalue weighted by Gasteiger charge is -2.15. The van der Waals surface area contributed by atoms with E-state index in [1.165, 1.54) is 16.0 Å². The average Bonchev–Trinajstić information content (AvgIpc) is 2.97. The van der Waals surface area contributed by atoms with Crippen molar-refractivity contribution in [2.45, 2.75) is 18.7 Å². The van der Waals surface area contributed by atoms with E-state index in [0.29, 0.717) is 5.13 Å². The van der Waals surface area contributed by atoms with Crippen molar-refractivity contribution in [3.63, 3.8) is 0 Å². The van der Waals surface area contributed by atoms with Crippen LogP contribution in [0.4, 0.5) is 5.13 Å². The van der Waals surface area contributed by atoms with Crippen molar-refractivity contribution in [1.29, 1.82) is 0 Å². The third-order valence-corrected chi connectivity index (χ3v) is 5.70. The Bertz CT molecular complexity index is 947. The molecule has 122 valence electrons. The van der Waals surface area contributed by atoms with Gasteiger partial charge in [-0.1, -0.05) is 23.5 Å². The van der Waals surface area contributed by atoms with Gasteiger partial charge in [0.1, 0.15) is 6.54 Å². The molecule has 1 aromatic carbocycles. The Morgan fingerprint density at radius 3 is 3.08 bits per heavy atom. The monoisotopic (exact) mass is 358 g/mol. The molecule has 3 heterocycles. The van der Waals surface area contributed by atoms with E-state index in [9.17, 15) is 9.59 Å². The van der Waals surface area contributed by atoms with Crippen LogP contribution >= 0.6 is 23.1 Å². The van der Waals surface area contributed by atoms with Crippen LogP contribution in [0, 0.1) is 0 Å². The highest BCUT2D eigenvalue weighted by Crippen LogP contribution is 2.25. The van der Waals surface area contributed by atoms with Crippen LogP contribution in [-0.4, -0.2) is 26.4 Å². The molecule has 0 unspecified atom stereocenters. The number of thioether (sulfide) groups is 1. The van der Waals surface area contributed by atoms with Crippen LogP contribution in [0.2, 0.25) is 0 Å². The molecule has 6 nitrogen and oxygen atoms in total. The number of carbonyl (C=O) groups is 1. The lowest BCUT2D eigenvalue weighted by Crippen LogP contribution is -2.31. The molecule has 0 atom stereocenters. The summed E-state index contributed by atoms with van der Waals surface area (Å²) in [6.45, 7) is -0.102. The van der Waals surface area contributed by atoms with E-state index in [1.54, 1.807) is 17.8 Å². The Balaban J connectivity index is 1.52. The maximum absolute atomic E-state index is 12.2.